The minimum absolute atomic E-state index is 0.139. The predicted molar refractivity (Wildman–Crippen MR) is 128 cm³/mol. The summed E-state index contributed by atoms with van der Waals surface area (Å²) in [4.78, 5) is 17.7. The van der Waals surface area contributed by atoms with Gasteiger partial charge in [-0.2, -0.15) is 4.98 Å². The van der Waals surface area contributed by atoms with Gasteiger partial charge < -0.3 is 14.8 Å². The summed E-state index contributed by atoms with van der Waals surface area (Å²) in [7, 11) is 3.21. The summed E-state index contributed by atoms with van der Waals surface area (Å²) < 4.78 is 12.7. The molecule has 5 rings (SSSR count). The number of benzene rings is 2. The van der Waals surface area contributed by atoms with Gasteiger partial charge in [0.05, 0.1) is 14.2 Å². The van der Waals surface area contributed by atoms with E-state index in [2.05, 4.69) is 5.32 Å². The highest BCUT2D eigenvalue weighted by Gasteiger charge is 2.37. The second-order valence-corrected chi connectivity index (χ2v) is 9.27. The highest BCUT2D eigenvalue weighted by Crippen LogP contribution is 2.42. The van der Waals surface area contributed by atoms with Crippen molar-refractivity contribution in [1.82, 2.24) is 14.8 Å². The van der Waals surface area contributed by atoms with Crippen LogP contribution in [0.15, 0.2) is 58.9 Å². The minimum Gasteiger partial charge on any atom is -0.493 e. The van der Waals surface area contributed by atoms with Gasteiger partial charge in [-0.3, -0.25) is 4.79 Å². The molecule has 0 spiro atoms. The van der Waals surface area contributed by atoms with Crippen LogP contribution in [0.1, 0.15) is 36.4 Å². The van der Waals surface area contributed by atoms with Gasteiger partial charge >= 0.3 is 0 Å². The summed E-state index contributed by atoms with van der Waals surface area (Å²) in [6.07, 6.45) is 2.17. The molecule has 0 saturated heterocycles. The fourth-order valence-electron chi connectivity index (χ4n) is 4.26. The Morgan fingerprint density at radius 2 is 1.91 bits per heavy atom. The molecule has 7 nitrogen and oxygen atoms in total. The van der Waals surface area contributed by atoms with Gasteiger partial charge in [0.1, 0.15) is 6.04 Å². The lowest BCUT2D eigenvalue weighted by molar-refractivity contribution is -0.116. The molecule has 170 valence electrons. The third kappa shape index (κ3) is 4.20. The van der Waals surface area contributed by atoms with E-state index in [1.165, 1.54) is 0 Å². The number of thioether (sulfide) groups is 1. The van der Waals surface area contributed by atoms with E-state index in [0.717, 1.165) is 35.2 Å². The SMILES string of the molecule is COc1ccc([C@@H]2C3=C(CCCC3=O)Nc3nc(SCc4ccc(Cl)cc4)nn32)cc1OC. The monoisotopic (exact) mass is 482 g/mol. The van der Waals surface area contributed by atoms with E-state index >= 15 is 0 Å². The van der Waals surface area contributed by atoms with Crippen molar-refractivity contribution in [2.75, 3.05) is 19.5 Å². The fourth-order valence-corrected chi connectivity index (χ4v) is 5.17. The molecule has 0 unspecified atom stereocenters. The van der Waals surface area contributed by atoms with Crippen LogP contribution in [0.25, 0.3) is 0 Å². The number of hydrogen-bond acceptors (Lipinski definition) is 7. The number of ketones is 1. The molecule has 9 heteroatoms. The quantitative estimate of drug-likeness (QED) is 0.480. The standard InChI is InChI=1S/C24H23ClN4O3S/c1-31-19-11-8-15(12-20(19)32-2)22-21-17(4-3-5-18(21)30)26-23-27-24(28-29(22)23)33-13-14-6-9-16(25)10-7-14/h6-12,22H,3-5,13H2,1-2H3,(H,26,27,28)/t22-/m1/s1. The second-order valence-electron chi connectivity index (χ2n) is 7.89. The molecular formula is C24H23ClN4O3S. The lowest BCUT2D eigenvalue weighted by Gasteiger charge is -2.32. The third-order valence-electron chi connectivity index (χ3n) is 5.85. The Labute approximate surface area is 201 Å². The number of anilines is 1. The van der Waals surface area contributed by atoms with Crippen LogP contribution in [0.3, 0.4) is 0 Å². The molecule has 2 heterocycles. The van der Waals surface area contributed by atoms with E-state index in [1.54, 1.807) is 26.0 Å². The van der Waals surface area contributed by atoms with Crippen molar-refractivity contribution in [3.8, 4) is 11.5 Å². The average molecular weight is 483 g/mol. The maximum atomic E-state index is 13.0. The number of nitrogens with zero attached hydrogens (tertiary/aromatic N) is 3. The molecule has 2 aromatic carbocycles. The molecule has 1 aliphatic carbocycles. The van der Waals surface area contributed by atoms with Crippen molar-refractivity contribution in [2.45, 2.75) is 36.2 Å². The number of Topliss-reactive ketones (excluding diaryl/α,β-unsaturated/α-hetero) is 1. The number of hydrogen-bond donors (Lipinski definition) is 1. The number of methoxy groups -OCH3 is 2. The second kappa shape index (κ2) is 9.11. The summed E-state index contributed by atoms with van der Waals surface area (Å²) >= 11 is 7.54. The molecule has 1 atom stereocenters. The van der Waals surface area contributed by atoms with E-state index in [9.17, 15) is 4.79 Å². The lowest BCUT2D eigenvalue weighted by Crippen LogP contribution is -2.31. The minimum atomic E-state index is -0.374. The van der Waals surface area contributed by atoms with E-state index in [4.69, 9.17) is 31.2 Å². The van der Waals surface area contributed by atoms with Gasteiger partial charge in [0.2, 0.25) is 11.1 Å². The highest BCUT2D eigenvalue weighted by molar-refractivity contribution is 7.98. The predicted octanol–water partition coefficient (Wildman–Crippen LogP) is 5.26. The van der Waals surface area contributed by atoms with Crippen molar-refractivity contribution < 1.29 is 14.3 Å². The van der Waals surface area contributed by atoms with E-state index in [0.29, 0.717) is 39.8 Å². The zero-order valence-corrected chi connectivity index (χ0v) is 19.9. The largest absolute Gasteiger partial charge is 0.493 e. The number of carbonyl (C=O) groups is 1. The maximum absolute atomic E-state index is 13.0. The average Bonchev–Trinajstić information content (AvgIpc) is 3.24. The molecule has 1 aliphatic heterocycles. The van der Waals surface area contributed by atoms with Crippen molar-refractivity contribution in [3.63, 3.8) is 0 Å². The van der Waals surface area contributed by atoms with Gasteiger partial charge in [-0.25, -0.2) is 4.68 Å². The van der Waals surface area contributed by atoms with E-state index in [-0.39, 0.29) is 11.8 Å². The fraction of sp³-hybridized carbons (Fsp3) is 0.292. The number of carbonyl (C=O) groups excluding carboxylic acids is 1. The first kappa shape index (κ1) is 21.9. The topological polar surface area (TPSA) is 78.3 Å². The zero-order chi connectivity index (χ0) is 22.9. The Bertz CT molecular complexity index is 1240. The Balaban J connectivity index is 1.52. The van der Waals surface area contributed by atoms with E-state index < -0.39 is 0 Å². The van der Waals surface area contributed by atoms with Crippen molar-refractivity contribution in [2.24, 2.45) is 0 Å². The first-order chi connectivity index (χ1) is 16.1. The highest BCUT2D eigenvalue weighted by atomic mass is 35.5. The maximum Gasteiger partial charge on any atom is 0.227 e. The summed E-state index contributed by atoms with van der Waals surface area (Å²) in [6, 6.07) is 13.1. The van der Waals surface area contributed by atoms with E-state index in [1.807, 2.05) is 47.1 Å². The molecule has 0 amide bonds. The Kier molecular flexibility index (Phi) is 6.03. The number of nitrogens with one attached hydrogen (secondary N) is 1. The summed E-state index contributed by atoms with van der Waals surface area (Å²) in [6.45, 7) is 0. The number of ether oxygens (including phenoxy) is 2. The van der Waals surface area contributed by atoms with Gasteiger partial charge in [-0.05, 0) is 48.2 Å². The van der Waals surface area contributed by atoms with Gasteiger partial charge in [0.15, 0.2) is 17.3 Å². The Hall–Kier alpha value is -2.97. The molecule has 2 aliphatic rings. The summed E-state index contributed by atoms with van der Waals surface area (Å²) in [5.41, 5.74) is 3.71. The first-order valence-corrected chi connectivity index (χ1v) is 12.0. The van der Waals surface area contributed by atoms with Crippen LogP contribution in [0.2, 0.25) is 5.02 Å². The molecule has 1 aromatic heterocycles. The van der Waals surface area contributed by atoms with Crippen molar-refractivity contribution in [3.05, 3.63) is 69.9 Å². The van der Waals surface area contributed by atoms with Crippen LogP contribution in [-0.2, 0) is 10.5 Å². The molecule has 3 aromatic rings. The molecule has 0 saturated carbocycles. The van der Waals surface area contributed by atoms with Gasteiger partial charge in [0, 0.05) is 28.5 Å². The van der Waals surface area contributed by atoms with Crippen LogP contribution in [0.5, 0.6) is 11.5 Å². The number of allylic oxidation sites excluding steroid dienone is 2. The molecule has 1 N–H and O–H groups in total. The Morgan fingerprint density at radius 3 is 2.67 bits per heavy atom. The molecule has 0 bridgehead atoms. The smallest absolute Gasteiger partial charge is 0.227 e. The first-order valence-electron chi connectivity index (χ1n) is 10.7. The van der Waals surface area contributed by atoms with Crippen molar-refractivity contribution in [1.29, 1.82) is 0 Å². The number of aromatic nitrogens is 3. The molecule has 33 heavy (non-hydrogen) atoms. The van der Waals surface area contributed by atoms with Crippen LogP contribution < -0.4 is 14.8 Å². The zero-order valence-electron chi connectivity index (χ0n) is 18.3. The van der Waals surface area contributed by atoms with Gasteiger partial charge in [-0.1, -0.05) is 41.6 Å². The molecule has 0 fully saturated rings. The number of rotatable bonds is 6. The number of fused-ring (bicyclic) bond motifs is 1. The molecule has 0 radical (unpaired) electrons. The molecular weight excluding hydrogens is 460 g/mol. The van der Waals surface area contributed by atoms with Crippen LogP contribution in [0.4, 0.5) is 5.95 Å². The Morgan fingerprint density at radius 1 is 1.12 bits per heavy atom. The lowest BCUT2D eigenvalue weighted by atomic mass is 9.85. The number of halogens is 1. The van der Waals surface area contributed by atoms with Gasteiger partial charge in [0.25, 0.3) is 0 Å². The van der Waals surface area contributed by atoms with Crippen LogP contribution in [0, 0.1) is 0 Å². The van der Waals surface area contributed by atoms with Crippen LogP contribution >= 0.6 is 23.4 Å². The normalized spacial score (nSPS) is 17.3. The summed E-state index contributed by atoms with van der Waals surface area (Å²) in [5, 5.41) is 9.51. The van der Waals surface area contributed by atoms with Gasteiger partial charge in [-0.15, -0.1) is 5.10 Å². The van der Waals surface area contributed by atoms with Crippen LogP contribution in [-0.4, -0.2) is 34.8 Å². The summed E-state index contributed by atoms with van der Waals surface area (Å²) in [5.74, 6) is 2.74. The third-order valence-corrected chi connectivity index (χ3v) is 7.01. The van der Waals surface area contributed by atoms with Crippen molar-refractivity contribution >= 4 is 35.1 Å².